The van der Waals surface area contributed by atoms with Gasteiger partial charge in [0.1, 0.15) is 11.3 Å². The standard InChI is InChI=1S/C26H21NO6/c1-3-32-21-14-7-6-11-18(21)26(31)33-15(2)25(30)27-20-13-8-12-19-22(20)24(29)17-10-5-4-9-16(17)23(19)28/h4-15H,3H2,1-2H3,(H,27,30). The summed E-state index contributed by atoms with van der Waals surface area (Å²) in [4.78, 5) is 51.3. The molecule has 7 heteroatoms. The first-order valence-electron chi connectivity index (χ1n) is 10.5. The number of carbonyl (C=O) groups excluding carboxylic acids is 4. The highest BCUT2D eigenvalue weighted by Gasteiger charge is 2.32. The second-order valence-electron chi connectivity index (χ2n) is 7.40. The van der Waals surface area contributed by atoms with Gasteiger partial charge in [0.05, 0.1) is 17.9 Å². The second kappa shape index (κ2) is 9.08. The van der Waals surface area contributed by atoms with Crippen LogP contribution in [0.3, 0.4) is 0 Å². The van der Waals surface area contributed by atoms with E-state index in [0.717, 1.165) is 0 Å². The van der Waals surface area contributed by atoms with Crippen LogP contribution in [0, 0.1) is 0 Å². The van der Waals surface area contributed by atoms with Crippen LogP contribution < -0.4 is 10.1 Å². The molecular weight excluding hydrogens is 422 g/mol. The molecule has 1 atom stereocenters. The summed E-state index contributed by atoms with van der Waals surface area (Å²) in [5, 5.41) is 2.63. The van der Waals surface area contributed by atoms with Crippen LogP contribution in [-0.2, 0) is 9.53 Å². The molecule has 1 amide bonds. The van der Waals surface area contributed by atoms with Gasteiger partial charge in [0.25, 0.3) is 5.91 Å². The number of hydrogen-bond donors (Lipinski definition) is 1. The van der Waals surface area contributed by atoms with Crippen LogP contribution in [0.25, 0.3) is 0 Å². The lowest BCUT2D eigenvalue weighted by Crippen LogP contribution is -2.31. The normalized spacial score (nSPS) is 12.9. The third-order valence-electron chi connectivity index (χ3n) is 5.27. The molecule has 3 aromatic carbocycles. The van der Waals surface area contributed by atoms with E-state index < -0.39 is 18.0 Å². The summed E-state index contributed by atoms with van der Waals surface area (Å²) in [5.41, 5.74) is 1.33. The van der Waals surface area contributed by atoms with Crippen molar-refractivity contribution in [1.82, 2.24) is 0 Å². The van der Waals surface area contributed by atoms with Gasteiger partial charge in [-0.2, -0.15) is 0 Å². The van der Waals surface area contributed by atoms with Gasteiger partial charge in [-0.25, -0.2) is 4.79 Å². The van der Waals surface area contributed by atoms with Crippen LogP contribution >= 0.6 is 0 Å². The second-order valence-corrected chi connectivity index (χ2v) is 7.40. The summed E-state index contributed by atoms with van der Waals surface area (Å²) >= 11 is 0. The topological polar surface area (TPSA) is 98.8 Å². The zero-order valence-electron chi connectivity index (χ0n) is 18.1. The number of carbonyl (C=O) groups is 4. The molecule has 0 aromatic heterocycles. The molecule has 3 aromatic rings. The van der Waals surface area contributed by atoms with Crippen molar-refractivity contribution in [1.29, 1.82) is 0 Å². The van der Waals surface area contributed by atoms with Crippen LogP contribution in [0.2, 0.25) is 0 Å². The van der Waals surface area contributed by atoms with Gasteiger partial charge in [-0.1, -0.05) is 48.5 Å². The summed E-state index contributed by atoms with van der Waals surface area (Å²) in [6, 6.07) is 17.8. The van der Waals surface area contributed by atoms with Gasteiger partial charge < -0.3 is 14.8 Å². The Bertz CT molecular complexity index is 1280. The van der Waals surface area contributed by atoms with Gasteiger partial charge in [-0.05, 0) is 32.0 Å². The Morgan fingerprint density at radius 3 is 2.21 bits per heavy atom. The van der Waals surface area contributed by atoms with Gasteiger partial charge in [0.2, 0.25) is 0 Å². The maximum Gasteiger partial charge on any atom is 0.342 e. The van der Waals surface area contributed by atoms with Crippen molar-refractivity contribution in [2.24, 2.45) is 0 Å². The Balaban J connectivity index is 1.55. The quantitative estimate of drug-likeness (QED) is 0.452. The summed E-state index contributed by atoms with van der Waals surface area (Å²) in [6.07, 6.45) is -1.16. The van der Waals surface area contributed by atoms with Crippen molar-refractivity contribution in [3.8, 4) is 5.75 Å². The minimum Gasteiger partial charge on any atom is -0.493 e. The zero-order chi connectivity index (χ0) is 23.5. The van der Waals surface area contributed by atoms with Gasteiger partial charge in [0.15, 0.2) is 17.7 Å². The number of benzene rings is 3. The monoisotopic (exact) mass is 443 g/mol. The molecule has 0 saturated heterocycles. The third kappa shape index (κ3) is 4.13. The summed E-state index contributed by atoms with van der Waals surface area (Å²) in [7, 11) is 0. The molecule has 0 heterocycles. The van der Waals surface area contributed by atoms with E-state index in [-0.39, 0.29) is 39.5 Å². The Morgan fingerprint density at radius 1 is 0.848 bits per heavy atom. The smallest absolute Gasteiger partial charge is 0.342 e. The number of esters is 1. The van der Waals surface area contributed by atoms with Gasteiger partial charge in [0, 0.05) is 16.7 Å². The first-order chi connectivity index (χ1) is 15.9. The fourth-order valence-electron chi connectivity index (χ4n) is 3.68. The highest BCUT2D eigenvalue weighted by atomic mass is 16.5. The first kappa shape index (κ1) is 22.0. The van der Waals surface area contributed by atoms with E-state index >= 15 is 0 Å². The van der Waals surface area contributed by atoms with E-state index in [1.54, 1.807) is 67.6 Å². The lowest BCUT2D eigenvalue weighted by Gasteiger charge is -2.21. The Hall–Kier alpha value is -4.26. The Morgan fingerprint density at radius 2 is 1.48 bits per heavy atom. The zero-order valence-corrected chi connectivity index (χ0v) is 18.1. The van der Waals surface area contributed by atoms with Gasteiger partial charge in [-0.3, -0.25) is 14.4 Å². The molecule has 0 fully saturated rings. The SMILES string of the molecule is CCOc1ccccc1C(=O)OC(C)C(=O)Nc1cccc2c1C(=O)c1ccccc1C2=O. The van der Waals surface area contributed by atoms with E-state index in [2.05, 4.69) is 5.32 Å². The fourth-order valence-corrected chi connectivity index (χ4v) is 3.68. The van der Waals surface area contributed by atoms with Crippen LogP contribution in [0.4, 0.5) is 5.69 Å². The molecule has 0 saturated carbocycles. The molecule has 4 rings (SSSR count). The number of para-hydroxylation sites is 1. The molecule has 166 valence electrons. The van der Waals surface area contributed by atoms with Crippen molar-refractivity contribution in [3.63, 3.8) is 0 Å². The number of nitrogens with one attached hydrogen (secondary N) is 1. The summed E-state index contributed by atoms with van der Waals surface area (Å²) in [5.74, 6) is -1.63. The van der Waals surface area contributed by atoms with E-state index in [1.165, 1.54) is 13.0 Å². The molecule has 33 heavy (non-hydrogen) atoms. The van der Waals surface area contributed by atoms with E-state index in [4.69, 9.17) is 9.47 Å². The average molecular weight is 443 g/mol. The first-order valence-corrected chi connectivity index (χ1v) is 10.5. The van der Waals surface area contributed by atoms with Crippen molar-refractivity contribution in [2.75, 3.05) is 11.9 Å². The number of hydrogen-bond acceptors (Lipinski definition) is 6. The number of fused-ring (bicyclic) bond motifs is 2. The van der Waals surface area contributed by atoms with E-state index in [9.17, 15) is 19.2 Å². The third-order valence-corrected chi connectivity index (χ3v) is 5.27. The van der Waals surface area contributed by atoms with Crippen molar-refractivity contribution >= 4 is 29.1 Å². The average Bonchev–Trinajstić information content (AvgIpc) is 2.83. The van der Waals surface area contributed by atoms with Crippen molar-refractivity contribution < 1.29 is 28.7 Å². The molecule has 1 N–H and O–H groups in total. The number of anilines is 1. The molecule has 0 radical (unpaired) electrons. The molecule has 0 bridgehead atoms. The largest absolute Gasteiger partial charge is 0.493 e. The number of rotatable bonds is 6. The van der Waals surface area contributed by atoms with E-state index in [0.29, 0.717) is 17.9 Å². The molecule has 0 spiro atoms. The molecule has 1 aliphatic rings. The molecule has 7 nitrogen and oxygen atoms in total. The molecule has 1 unspecified atom stereocenters. The Kier molecular flexibility index (Phi) is 6.04. The maximum absolute atomic E-state index is 13.1. The van der Waals surface area contributed by atoms with E-state index in [1.807, 2.05) is 0 Å². The predicted octanol–water partition coefficient (Wildman–Crippen LogP) is 4.04. The number of ether oxygens (including phenoxy) is 2. The summed E-state index contributed by atoms with van der Waals surface area (Å²) in [6.45, 7) is 3.59. The van der Waals surface area contributed by atoms with Gasteiger partial charge >= 0.3 is 5.97 Å². The lowest BCUT2D eigenvalue weighted by atomic mass is 9.83. The Labute approximate surface area is 190 Å². The van der Waals surface area contributed by atoms with Crippen LogP contribution in [-0.4, -0.2) is 36.2 Å². The maximum atomic E-state index is 13.1. The number of ketones is 2. The summed E-state index contributed by atoms with van der Waals surface area (Å²) < 4.78 is 10.8. The molecule has 0 aliphatic heterocycles. The predicted molar refractivity (Wildman–Crippen MR) is 121 cm³/mol. The minimum absolute atomic E-state index is 0.120. The number of amides is 1. The van der Waals surface area contributed by atoms with Crippen LogP contribution in [0.5, 0.6) is 5.75 Å². The highest BCUT2D eigenvalue weighted by molar-refractivity contribution is 6.30. The highest BCUT2D eigenvalue weighted by Crippen LogP contribution is 2.32. The lowest BCUT2D eigenvalue weighted by molar-refractivity contribution is -0.123. The fraction of sp³-hybridized carbons (Fsp3) is 0.154. The minimum atomic E-state index is -1.16. The van der Waals surface area contributed by atoms with Crippen molar-refractivity contribution in [3.05, 3.63) is 94.5 Å². The molecule has 1 aliphatic carbocycles. The van der Waals surface area contributed by atoms with Crippen LogP contribution in [0.15, 0.2) is 66.7 Å². The van der Waals surface area contributed by atoms with Crippen molar-refractivity contribution in [2.45, 2.75) is 20.0 Å². The molecular formula is C26H21NO6. The van der Waals surface area contributed by atoms with Gasteiger partial charge in [-0.15, -0.1) is 0 Å². The van der Waals surface area contributed by atoms with Crippen LogP contribution in [0.1, 0.15) is 56.0 Å².